The van der Waals surface area contributed by atoms with Crippen molar-refractivity contribution >= 4 is 0 Å². The van der Waals surface area contributed by atoms with Crippen LogP contribution in [0.5, 0.6) is 0 Å². The summed E-state index contributed by atoms with van der Waals surface area (Å²) >= 11 is 0. The molecule has 0 aliphatic carbocycles. The Kier molecular flexibility index (Phi) is 3.67. The fourth-order valence-electron chi connectivity index (χ4n) is 0.996. The lowest BCUT2D eigenvalue weighted by Crippen LogP contribution is -2.11. The van der Waals surface area contributed by atoms with Crippen LogP contribution in [0.15, 0.2) is 18.2 Å². The summed E-state index contributed by atoms with van der Waals surface area (Å²) < 4.78 is 12.1. The molecule has 1 aromatic heterocycles. The first-order chi connectivity index (χ1) is 5.86. The van der Waals surface area contributed by atoms with Crippen LogP contribution in [0.3, 0.4) is 0 Å². The van der Waals surface area contributed by atoms with Gasteiger partial charge in [-0.25, -0.2) is 4.39 Å². The van der Waals surface area contributed by atoms with Gasteiger partial charge >= 0.3 is 0 Å². The number of likely N-dealkylation sites (N-methyl/N-ethyl adjacent to an activating group) is 1. The number of halogens is 1. The van der Waals surface area contributed by atoms with Crippen LogP contribution in [0.4, 0.5) is 4.39 Å². The number of rotatable bonds is 4. The van der Waals surface area contributed by atoms with E-state index in [0.717, 1.165) is 18.7 Å². The maximum atomic E-state index is 12.1. The zero-order valence-electron chi connectivity index (χ0n) is 7.18. The standard InChI is InChI=1S/C9H13FN2/c1-11-6-5-8-3-2-4-9(7-10)12-8/h2-4,11H,5-7H2,1H3. The van der Waals surface area contributed by atoms with Gasteiger partial charge in [-0.2, -0.15) is 0 Å². The lowest BCUT2D eigenvalue weighted by Gasteiger charge is -2.00. The number of hydrogen-bond donors (Lipinski definition) is 1. The fraction of sp³-hybridized carbons (Fsp3) is 0.444. The molecule has 1 aromatic rings. The van der Waals surface area contributed by atoms with Crippen molar-refractivity contribution in [2.75, 3.05) is 13.6 Å². The van der Waals surface area contributed by atoms with Gasteiger partial charge in [-0.05, 0) is 19.2 Å². The number of nitrogens with one attached hydrogen (secondary N) is 1. The van der Waals surface area contributed by atoms with Gasteiger partial charge in [0.05, 0.1) is 5.69 Å². The highest BCUT2D eigenvalue weighted by Gasteiger charge is 1.95. The minimum absolute atomic E-state index is 0.479. The Bertz CT molecular complexity index is 238. The highest BCUT2D eigenvalue weighted by atomic mass is 19.1. The van der Waals surface area contributed by atoms with E-state index in [-0.39, 0.29) is 0 Å². The van der Waals surface area contributed by atoms with Gasteiger partial charge in [0.25, 0.3) is 0 Å². The van der Waals surface area contributed by atoms with Crippen LogP contribution >= 0.6 is 0 Å². The van der Waals surface area contributed by atoms with E-state index in [9.17, 15) is 4.39 Å². The smallest absolute Gasteiger partial charge is 0.131 e. The third-order valence-corrected chi connectivity index (χ3v) is 1.63. The maximum Gasteiger partial charge on any atom is 0.131 e. The van der Waals surface area contributed by atoms with Crippen molar-refractivity contribution in [1.29, 1.82) is 0 Å². The fourth-order valence-corrected chi connectivity index (χ4v) is 0.996. The van der Waals surface area contributed by atoms with Gasteiger partial charge in [-0.1, -0.05) is 6.07 Å². The molecule has 3 heteroatoms. The van der Waals surface area contributed by atoms with Crippen molar-refractivity contribution in [3.63, 3.8) is 0 Å². The van der Waals surface area contributed by atoms with Gasteiger partial charge in [0.2, 0.25) is 0 Å². The molecule has 0 amide bonds. The number of nitrogens with zero attached hydrogens (tertiary/aromatic N) is 1. The summed E-state index contributed by atoms with van der Waals surface area (Å²) in [6, 6.07) is 5.45. The summed E-state index contributed by atoms with van der Waals surface area (Å²) in [5, 5.41) is 3.02. The third-order valence-electron chi connectivity index (χ3n) is 1.63. The second-order valence-corrected chi connectivity index (χ2v) is 2.61. The van der Waals surface area contributed by atoms with E-state index >= 15 is 0 Å². The molecule has 0 aliphatic rings. The van der Waals surface area contributed by atoms with Crippen LogP contribution in [0.25, 0.3) is 0 Å². The summed E-state index contributed by atoms with van der Waals surface area (Å²) in [5.41, 5.74) is 1.46. The summed E-state index contributed by atoms with van der Waals surface area (Å²) in [4.78, 5) is 4.11. The van der Waals surface area contributed by atoms with Crippen LogP contribution in [-0.2, 0) is 13.1 Å². The molecule has 0 atom stereocenters. The predicted octanol–water partition coefficient (Wildman–Crippen LogP) is 1.31. The van der Waals surface area contributed by atoms with Crippen molar-refractivity contribution in [2.45, 2.75) is 13.1 Å². The Morgan fingerprint density at radius 1 is 1.42 bits per heavy atom. The molecule has 1 N–H and O–H groups in total. The molecule has 2 nitrogen and oxygen atoms in total. The minimum Gasteiger partial charge on any atom is -0.319 e. The summed E-state index contributed by atoms with van der Waals surface area (Å²) in [5.74, 6) is 0. The lowest BCUT2D eigenvalue weighted by atomic mass is 10.2. The largest absolute Gasteiger partial charge is 0.319 e. The number of pyridine rings is 1. The van der Waals surface area contributed by atoms with Crippen molar-refractivity contribution in [1.82, 2.24) is 10.3 Å². The molecule has 12 heavy (non-hydrogen) atoms. The molecular formula is C9H13FN2. The second-order valence-electron chi connectivity index (χ2n) is 2.61. The highest BCUT2D eigenvalue weighted by Crippen LogP contribution is 2.01. The molecule has 0 saturated carbocycles. The van der Waals surface area contributed by atoms with E-state index in [0.29, 0.717) is 5.69 Å². The van der Waals surface area contributed by atoms with Crippen molar-refractivity contribution < 1.29 is 4.39 Å². The van der Waals surface area contributed by atoms with Gasteiger partial charge in [0, 0.05) is 18.7 Å². The van der Waals surface area contributed by atoms with E-state index in [1.807, 2.05) is 19.2 Å². The average molecular weight is 168 g/mol. The van der Waals surface area contributed by atoms with Gasteiger partial charge in [0.1, 0.15) is 6.67 Å². The van der Waals surface area contributed by atoms with E-state index in [1.54, 1.807) is 6.07 Å². The van der Waals surface area contributed by atoms with Gasteiger partial charge in [-0.15, -0.1) is 0 Å². The first-order valence-corrected chi connectivity index (χ1v) is 4.02. The van der Waals surface area contributed by atoms with Crippen LogP contribution in [-0.4, -0.2) is 18.6 Å². The van der Waals surface area contributed by atoms with Crippen LogP contribution < -0.4 is 5.32 Å². The normalized spacial score (nSPS) is 10.2. The Hall–Kier alpha value is -0.960. The monoisotopic (exact) mass is 168 g/mol. The van der Waals surface area contributed by atoms with Gasteiger partial charge < -0.3 is 5.32 Å². The number of alkyl halides is 1. The average Bonchev–Trinajstić information content (AvgIpc) is 2.15. The van der Waals surface area contributed by atoms with Crippen LogP contribution in [0.1, 0.15) is 11.4 Å². The molecule has 0 saturated heterocycles. The molecule has 66 valence electrons. The zero-order chi connectivity index (χ0) is 8.81. The molecule has 0 aliphatic heterocycles. The molecule has 0 radical (unpaired) electrons. The predicted molar refractivity (Wildman–Crippen MR) is 46.7 cm³/mol. The van der Waals surface area contributed by atoms with Crippen molar-refractivity contribution in [2.24, 2.45) is 0 Å². The highest BCUT2D eigenvalue weighted by molar-refractivity contribution is 5.10. The van der Waals surface area contributed by atoms with Crippen LogP contribution in [0.2, 0.25) is 0 Å². The van der Waals surface area contributed by atoms with E-state index in [1.165, 1.54) is 0 Å². The number of hydrogen-bond acceptors (Lipinski definition) is 2. The van der Waals surface area contributed by atoms with Crippen LogP contribution in [0, 0.1) is 0 Å². The molecule has 0 bridgehead atoms. The SMILES string of the molecule is CNCCc1cccc(CF)n1. The van der Waals surface area contributed by atoms with Crippen molar-refractivity contribution in [3.8, 4) is 0 Å². The molecule has 0 fully saturated rings. The molecule has 0 spiro atoms. The first-order valence-electron chi connectivity index (χ1n) is 4.02. The van der Waals surface area contributed by atoms with E-state index < -0.39 is 6.67 Å². The van der Waals surface area contributed by atoms with E-state index in [2.05, 4.69) is 10.3 Å². The molecule has 1 rings (SSSR count). The summed E-state index contributed by atoms with van der Waals surface area (Å²) in [7, 11) is 1.89. The quantitative estimate of drug-likeness (QED) is 0.733. The first kappa shape index (κ1) is 9.13. The number of aromatic nitrogens is 1. The Morgan fingerprint density at radius 3 is 2.83 bits per heavy atom. The Balaban J connectivity index is 2.60. The zero-order valence-corrected chi connectivity index (χ0v) is 7.18. The topological polar surface area (TPSA) is 24.9 Å². The van der Waals surface area contributed by atoms with Crippen molar-refractivity contribution in [3.05, 3.63) is 29.6 Å². The summed E-state index contributed by atoms with van der Waals surface area (Å²) in [6.45, 7) is 0.399. The molecule has 0 aromatic carbocycles. The molecule has 1 heterocycles. The Morgan fingerprint density at radius 2 is 2.17 bits per heavy atom. The minimum atomic E-state index is -0.479. The maximum absolute atomic E-state index is 12.1. The summed E-state index contributed by atoms with van der Waals surface area (Å²) in [6.07, 6.45) is 0.852. The Labute approximate surface area is 71.8 Å². The lowest BCUT2D eigenvalue weighted by molar-refractivity contribution is 0.475. The molecular weight excluding hydrogens is 155 g/mol. The second kappa shape index (κ2) is 4.83. The van der Waals surface area contributed by atoms with E-state index in [4.69, 9.17) is 0 Å². The third kappa shape index (κ3) is 2.58. The van der Waals surface area contributed by atoms with Gasteiger partial charge in [-0.3, -0.25) is 4.98 Å². The molecule has 0 unspecified atom stereocenters. The van der Waals surface area contributed by atoms with Gasteiger partial charge in [0.15, 0.2) is 0 Å².